The molecule has 7 heteroatoms. The maximum atomic E-state index is 4.33. The van der Waals surface area contributed by atoms with Crippen LogP contribution in [0, 0.1) is 5.92 Å². The fraction of sp³-hybridized carbons (Fsp3) is 0.636. The summed E-state index contributed by atoms with van der Waals surface area (Å²) in [5, 5.41) is 7.52. The van der Waals surface area contributed by atoms with Crippen molar-refractivity contribution >= 4 is 11.7 Å². The van der Waals surface area contributed by atoms with Gasteiger partial charge in [0.1, 0.15) is 12.2 Å². The second kappa shape index (κ2) is 6.01. The summed E-state index contributed by atoms with van der Waals surface area (Å²) in [6, 6.07) is 0.138. The lowest BCUT2D eigenvalue weighted by atomic mass is 10.1. The summed E-state index contributed by atoms with van der Waals surface area (Å²) in [5.74, 6) is 1.54. The Morgan fingerprint density at radius 3 is 2.89 bits per heavy atom. The van der Waals surface area contributed by atoms with Crippen LogP contribution in [0.25, 0.3) is 0 Å². The fourth-order valence-electron chi connectivity index (χ4n) is 1.81. The zero-order chi connectivity index (χ0) is 13.0. The average molecular weight is 266 g/mol. The van der Waals surface area contributed by atoms with Crippen LogP contribution < -0.4 is 5.32 Å². The van der Waals surface area contributed by atoms with Crippen LogP contribution in [0.4, 0.5) is 0 Å². The molecule has 2 heterocycles. The molecule has 0 aliphatic carbocycles. The molecule has 2 aromatic heterocycles. The van der Waals surface area contributed by atoms with Crippen molar-refractivity contribution in [2.24, 2.45) is 5.92 Å². The quantitative estimate of drug-likeness (QED) is 0.853. The smallest absolute Gasteiger partial charge is 0.138 e. The van der Waals surface area contributed by atoms with Gasteiger partial charge in [-0.1, -0.05) is 13.8 Å². The van der Waals surface area contributed by atoms with Crippen molar-refractivity contribution in [3.8, 4) is 0 Å². The third-order valence-electron chi connectivity index (χ3n) is 2.70. The summed E-state index contributed by atoms with van der Waals surface area (Å²) in [5.41, 5.74) is 0.960. The molecule has 0 aliphatic rings. The Kier molecular flexibility index (Phi) is 4.38. The SMILES string of the molecule is CNC(Cc1ncnn1CC(C)C)c1cnsn1. The van der Waals surface area contributed by atoms with Crippen LogP contribution in [0.1, 0.15) is 31.4 Å². The average Bonchev–Trinajstić information content (AvgIpc) is 2.96. The lowest BCUT2D eigenvalue weighted by Crippen LogP contribution is -2.22. The van der Waals surface area contributed by atoms with Gasteiger partial charge in [0.05, 0.1) is 29.7 Å². The number of hydrogen-bond donors (Lipinski definition) is 1. The summed E-state index contributed by atoms with van der Waals surface area (Å²) >= 11 is 1.23. The van der Waals surface area contributed by atoms with Gasteiger partial charge in [0.15, 0.2) is 0 Å². The molecule has 0 bridgehead atoms. The molecule has 98 valence electrons. The molecule has 1 unspecified atom stereocenters. The number of aromatic nitrogens is 5. The highest BCUT2D eigenvalue weighted by atomic mass is 32.1. The Morgan fingerprint density at radius 1 is 1.44 bits per heavy atom. The minimum atomic E-state index is 0.138. The number of hydrogen-bond acceptors (Lipinski definition) is 6. The molecule has 1 atom stereocenters. The van der Waals surface area contributed by atoms with Crippen molar-refractivity contribution in [1.82, 2.24) is 28.8 Å². The second-order valence-corrected chi connectivity index (χ2v) is 5.19. The van der Waals surface area contributed by atoms with Gasteiger partial charge in [0, 0.05) is 13.0 Å². The normalized spacial score (nSPS) is 13.1. The van der Waals surface area contributed by atoms with E-state index in [1.54, 1.807) is 12.5 Å². The van der Waals surface area contributed by atoms with Crippen LogP contribution in [0.5, 0.6) is 0 Å². The van der Waals surface area contributed by atoms with Gasteiger partial charge < -0.3 is 5.32 Å². The Hall–Kier alpha value is -1.34. The minimum absolute atomic E-state index is 0.138. The van der Waals surface area contributed by atoms with E-state index in [1.165, 1.54) is 11.7 Å². The molecule has 0 radical (unpaired) electrons. The van der Waals surface area contributed by atoms with E-state index in [1.807, 2.05) is 11.7 Å². The zero-order valence-electron chi connectivity index (χ0n) is 10.9. The Labute approximate surface area is 111 Å². The lowest BCUT2D eigenvalue weighted by molar-refractivity contribution is 0.450. The van der Waals surface area contributed by atoms with E-state index in [9.17, 15) is 0 Å². The molecular weight excluding hydrogens is 248 g/mol. The lowest BCUT2D eigenvalue weighted by Gasteiger charge is -2.14. The first-order valence-corrected chi connectivity index (χ1v) is 6.75. The number of rotatable bonds is 6. The Morgan fingerprint density at radius 2 is 2.28 bits per heavy atom. The molecule has 18 heavy (non-hydrogen) atoms. The topological polar surface area (TPSA) is 68.5 Å². The first kappa shape index (κ1) is 13.1. The molecule has 2 rings (SSSR count). The van der Waals surface area contributed by atoms with Gasteiger partial charge in [-0.25, -0.2) is 9.67 Å². The van der Waals surface area contributed by atoms with Crippen molar-refractivity contribution in [1.29, 1.82) is 0 Å². The third kappa shape index (κ3) is 3.11. The van der Waals surface area contributed by atoms with Crippen LogP contribution in [-0.2, 0) is 13.0 Å². The molecule has 6 nitrogen and oxygen atoms in total. The second-order valence-electron chi connectivity index (χ2n) is 4.63. The molecule has 0 aliphatic heterocycles. The van der Waals surface area contributed by atoms with Crippen molar-refractivity contribution in [3.63, 3.8) is 0 Å². The monoisotopic (exact) mass is 266 g/mol. The van der Waals surface area contributed by atoms with Gasteiger partial charge in [-0.2, -0.15) is 13.8 Å². The van der Waals surface area contributed by atoms with Gasteiger partial charge in [-0.3, -0.25) is 0 Å². The molecule has 1 N–H and O–H groups in total. The maximum absolute atomic E-state index is 4.33. The van der Waals surface area contributed by atoms with Crippen molar-refractivity contribution < 1.29 is 0 Å². The summed E-state index contributed by atoms with van der Waals surface area (Å²) in [4.78, 5) is 4.33. The van der Waals surface area contributed by atoms with Crippen molar-refractivity contribution in [2.45, 2.75) is 32.9 Å². The third-order valence-corrected chi connectivity index (χ3v) is 3.20. The van der Waals surface area contributed by atoms with Crippen molar-refractivity contribution in [2.75, 3.05) is 7.05 Å². The summed E-state index contributed by atoms with van der Waals surface area (Å²) in [6.45, 7) is 5.23. The van der Waals surface area contributed by atoms with Crippen LogP contribution in [-0.4, -0.2) is 30.6 Å². The molecule has 0 saturated carbocycles. The highest BCUT2D eigenvalue weighted by molar-refractivity contribution is 6.99. The Balaban J connectivity index is 2.10. The predicted octanol–water partition coefficient (Wildman–Crippen LogP) is 1.29. The van der Waals surface area contributed by atoms with Crippen molar-refractivity contribution in [3.05, 3.63) is 24.0 Å². The summed E-state index contributed by atoms with van der Waals surface area (Å²) < 4.78 is 10.3. The number of likely N-dealkylation sites (N-methyl/N-ethyl adjacent to an activating group) is 1. The van der Waals surface area contributed by atoms with E-state index in [4.69, 9.17) is 0 Å². The highest BCUT2D eigenvalue weighted by Gasteiger charge is 2.16. The molecule has 0 saturated heterocycles. The number of nitrogens with zero attached hydrogens (tertiary/aromatic N) is 5. The molecule has 0 fully saturated rings. The molecule has 2 aromatic rings. The minimum Gasteiger partial charge on any atom is -0.311 e. The van der Waals surface area contributed by atoms with Gasteiger partial charge in [-0.15, -0.1) is 0 Å². The van der Waals surface area contributed by atoms with Crippen LogP contribution >= 0.6 is 11.7 Å². The van der Waals surface area contributed by atoms with Crippen LogP contribution in [0.3, 0.4) is 0 Å². The van der Waals surface area contributed by atoms with Gasteiger partial charge >= 0.3 is 0 Å². The largest absolute Gasteiger partial charge is 0.311 e. The molecule has 0 amide bonds. The van der Waals surface area contributed by atoms with Gasteiger partial charge in [-0.05, 0) is 13.0 Å². The number of nitrogens with one attached hydrogen (secondary N) is 1. The first-order valence-electron chi connectivity index (χ1n) is 6.02. The van der Waals surface area contributed by atoms with Crippen LogP contribution in [0.15, 0.2) is 12.5 Å². The first-order chi connectivity index (χ1) is 8.70. The summed E-state index contributed by atoms with van der Waals surface area (Å²) in [7, 11) is 1.92. The van der Waals surface area contributed by atoms with E-state index in [-0.39, 0.29) is 6.04 Å². The molecule has 0 spiro atoms. The fourth-order valence-corrected chi connectivity index (χ4v) is 2.28. The van der Waals surface area contributed by atoms with E-state index < -0.39 is 0 Å². The Bertz CT molecular complexity index is 464. The molecule has 0 aromatic carbocycles. The van der Waals surface area contributed by atoms with E-state index in [2.05, 4.69) is 38.0 Å². The van der Waals surface area contributed by atoms with E-state index in [0.717, 1.165) is 24.5 Å². The predicted molar refractivity (Wildman–Crippen MR) is 70.3 cm³/mol. The van der Waals surface area contributed by atoms with Gasteiger partial charge in [0.25, 0.3) is 0 Å². The summed E-state index contributed by atoms with van der Waals surface area (Å²) in [6.07, 6.45) is 4.19. The van der Waals surface area contributed by atoms with E-state index in [0.29, 0.717) is 5.92 Å². The zero-order valence-corrected chi connectivity index (χ0v) is 11.7. The van der Waals surface area contributed by atoms with E-state index >= 15 is 0 Å². The highest BCUT2D eigenvalue weighted by Crippen LogP contribution is 2.15. The standard InChI is InChI=1S/C11H18N6S/c1-8(2)6-17-11(13-7-14-17)4-9(12-3)10-5-15-18-16-10/h5,7-9,12H,4,6H2,1-3H3. The van der Waals surface area contributed by atoms with Crippen LogP contribution in [0.2, 0.25) is 0 Å². The maximum Gasteiger partial charge on any atom is 0.138 e. The molecular formula is C11H18N6S. The van der Waals surface area contributed by atoms with Gasteiger partial charge in [0.2, 0.25) is 0 Å².